The minimum Gasteiger partial charge on any atom is -0.352 e. The first kappa shape index (κ1) is 16.8. The Morgan fingerprint density at radius 3 is 2.76 bits per heavy atom. The Labute approximate surface area is 144 Å². The van der Waals surface area contributed by atoms with E-state index in [1.807, 2.05) is 25.1 Å². The molecule has 0 saturated heterocycles. The first-order valence-electron chi connectivity index (χ1n) is 8.05. The van der Waals surface area contributed by atoms with Gasteiger partial charge in [-0.05, 0) is 49.7 Å². The molecular weight excluding hydrogens is 321 g/mol. The van der Waals surface area contributed by atoms with Crippen molar-refractivity contribution in [2.45, 2.75) is 19.8 Å². The predicted molar refractivity (Wildman–Crippen MR) is 91.5 cm³/mol. The van der Waals surface area contributed by atoms with Gasteiger partial charge in [0.25, 0.3) is 5.91 Å². The van der Waals surface area contributed by atoms with E-state index < -0.39 is 0 Å². The number of aromatic nitrogens is 2. The molecule has 2 aromatic carbocycles. The van der Waals surface area contributed by atoms with Gasteiger partial charge < -0.3 is 9.84 Å². The number of halogens is 1. The monoisotopic (exact) mass is 339 g/mol. The summed E-state index contributed by atoms with van der Waals surface area (Å²) in [5.41, 5.74) is 2.40. The van der Waals surface area contributed by atoms with Crippen molar-refractivity contribution in [3.63, 3.8) is 0 Å². The van der Waals surface area contributed by atoms with Crippen LogP contribution in [0.5, 0.6) is 0 Å². The zero-order valence-electron chi connectivity index (χ0n) is 13.8. The first-order valence-corrected chi connectivity index (χ1v) is 8.05. The molecule has 0 radical (unpaired) electrons. The molecule has 3 aromatic rings. The van der Waals surface area contributed by atoms with Gasteiger partial charge in [-0.2, -0.15) is 4.98 Å². The summed E-state index contributed by atoms with van der Waals surface area (Å²) in [7, 11) is 0. The summed E-state index contributed by atoms with van der Waals surface area (Å²) in [5.74, 6) is 0.515. The van der Waals surface area contributed by atoms with Crippen LogP contribution in [0, 0.1) is 12.7 Å². The molecule has 0 atom stereocenters. The van der Waals surface area contributed by atoms with Gasteiger partial charge in [0.2, 0.25) is 11.7 Å². The molecule has 1 heterocycles. The first-order chi connectivity index (χ1) is 12.1. The van der Waals surface area contributed by atoms with E-state index in [-0.39, 0.29) is 11.7 Å². The average Bonchev–Trinajstić information content (AvgIpc) is 3.08. The summed E-state index contributed by atoms with van der Waals surface area (Å²) in [6.07, 6.45) is 1.24. The number of benzene rings is 2. The van der Waals surface area contributed by atoms with Crippen LogP contribution in [0.3, 0.4) is 0 Å². The van der Waals surface area contributed by atoms with Gasteiger partial charge in [-0.15, -0.1) is 0 Å². The molecule has 25 heavy (non-hydrogen) atoms. The highest BCUT2D eigenvalue weighted by Crippen LogP contribution is 2.16. The smallest absolute Gasteiger partial charge is 0.251 e. The highest BCUT2D eigenvalue weighted by Gasteiger charge is 2.09. The van der Waals surface area contributed by atoms with Crippen molar-refractivity contribution in [3.05, 3.63) is 71.4 Å². The van der Waals surface area contributed by atoms with E-state index in [1.165, 1.54) is 12.1 Å². The molecule has 5 nitrogen and oxygen atoms in total. The maximum atomic E-state index is 12.9. The number of amides is 1. The summed E-state index contributed by atoms with van der Waals surface area (Å²) < 4.78 is 18.1. The molecule has 0 spiro atoms. The molecule has 0 unspecified atom stereocenters. The Balaban J connectivity index is 1.48. The Kier molecular flexibility index (Phi) is 5.18. The summed E-state index contributed by atoms with van der Waals surface area (Å²) in [6.45, 7) is 2.46. The van der Waals surface area contributed by atoms with Crippen LogP contribution in [0.1, 0.15) is 28.2 Å². The second-order valence-electron chi connectivity index (χ2n) is 5.75. The molecule has 3 rings (SSSR count). The largest absolute Gasteiger partial charge is 0.352 e. The van der Waals surface area contributed by atoms with Gasteiger partial charge in [-0.1, -0.05) is 22.9 Å². The zero-order chi connectivity index (χ0) is 17.6. The van der Waals surface area contributed by atoms with E-state index in [4.69, 9.17) is 4.52 Å². The van der Waals surface area contributed by atoms with E-state index in [0.717, 1.165) is 5.56 Å². The highest BCUT2D eigenvalue weighted by atomic mass is 19.1. The van der Waals surface area contributed by atoms with Crippen LogP contribution in [-0.4, -0.2) is 22.6 Å². The number of hydrogen-bond donors (Lipinski definition) is 1. The minimum absolute atomic E-state index is 0.0961. The number of rotatable bonds is 6. The van der Waals surface area contributed by atoms with Crippen LogP contribution in [0.2, 0.25) is 0 Å². The fourth-order valence-corrected chi connectivity index (χ4v) is 2.40. The van der Waals surface area contributed by atoms with E-state index in [0.29, 0.717) is 42.2 Å². The van der Waals surface area contributed by atoms with Gasteiger partial charge in [-0.25, -0.2) is 4.39 Å². The number of hydrogen-bond acceptors (Lipinski definition) is 4. The van der Waals surface area contributed by atoms with Crippen molar-refractivity contribution in [2.24, 2.45) is 0 Å². The topological polar surface area (TPSA) is 68.0 Å². The van der Waals surface area contributed by atoms with Gasteiger partial charge >= 0.3 is 0 Å². The lowest BCUT2D eigenvalue weighted by molar-refractivity contribution is 0.0953. The van der Waals surface area contributed by atoms with Crippen LogP contribution in [0.15, 0.2) is 53.1 Å². The van der Waals surface area contributed by atoms with E-state index in [9.17, 15) is 9.18 Å². The molecule has 128 valence electrons. The summed E-state index contributed by atoms with van der Waals surface area (Å²) >= 11 is 0. The summed E-state index contributed by atoms with van der Waals surface area (Å²) in [4.78, 5) is 16.3. The fourth-order valence-electron chi connectivity index (χ4n) is 2.40. The maximum absolute atomic E-state index is 12.9. The van der Waals surface area contributed by atoms with Crippen molar-refractivity contribution < 1.29 is 13.7 Å². The van der Waals surface area contributed by atoms with Gasteiger partial charge in [0.15, 0.2) is 0 Å². The molecule has 0 aliphatic rings. The third kappa shape index (κ3) is 4.50. The Hall–Kier alpha value is -3.02. The van der Waals surface area contributed by atoms with Crippen molar-refractivity contribution in [3.8, 4) is 11.4 Å². The Bertz CT molecular complexity index is 859. The van der Waals surface area contributed by atoms with Crippen LogP contribution in [0.25, 0.3) is 11.4 Å². The van der Waals surface area contributed by atoms with E-state index in [2.05, 4.69) is 15.5 Å². The lowest BCUT2D eigenvalue weighted by atomic mass is 10.1. The fraction of sp³-hybridized carbons (Fsp3) is 0.211. The number of carbonyl (C=O) groups is 1. The van der Waals surface area contributed by atoms with Crippen molar-refractivity contribution in [1.29, 1.82) is 0 Å². The molecule has 0 aliphatic heterocycles. The SMILES string of the molecule is Cc1cccc(C(=O)NCCCc2nc(-c3ccc(F)cc3)no2)c1. The second-order valence-corrected chi connectivity index (χ2v) is 5.75. The molecule has 6 heteroatoms. The molecular formula is C19H18FN3O2. The number of nitrogens with one attached hydrogen (secondary N) is 1. The van der Waals surface area contributed by atoms with Crippen LogP contribution in [0.4, 0.5) is 4.39 Å². The lowest BCUT2D eigenvalue weighted by Gasteiger charge is -2.04. The van der Waals surface area contributed by atoms with Gasteiger partial charge in [-0.3, -0.25) is 4.79 Å². The molecule has 1 aromatic heterocycles. The van der Waals surface area contributed by atoms with Crippen LogP contribution >= 0.6 is 0 Å². The third-order valence-corrected chi connectivity index (χ3v) is 3.70. The Morgan fingerprint density at radius 1 is 1.20 bits per heavy atom. The number of carbonyl (C=O) groups excluding carboxylic acids is 1. The van der Waals surface area contributed by atoms with Crippen molar-refractivity contribution in [1.82, 2.24) is 15.5 Å². The molecule has 0 bridgehead atoms. The van der Waals surface area contributed by atoms with Crippen LogP contribution < -0.4 is 5.32 Å². The van der Waals surface area contributed by atoms with Gasteiger partial charge in [0, 0.05) is 24.1 Å². The minimum atomic E-state index is -0.309. The van der Waals surface area contributed by atoms with Gasteiger partial charge in [0.05, 0.1) is 0 Å². The second kappa shape index (κ2) is 7.70. The molecule has 0 aliphatic carbocycles. The van der Waals surface area contributed by atoms with Crippen molar-refractivity contribution >= 4 is 5.91 Å². The van der Waals surface area contributed by atoms with E-state index >= 15 is 0 Å². The molecule has 1 amide bonds. The predicted octanol–water partition coefficient (Wildman–Crippen LogP) is 3.55. The zero-order valence-corrected chi connectivity index (χ0v) is 13.8. The molecule has 0 saturated carbocycles. The standard InChI is InChI=1S/C19H18FN3O2/c1-13-4-2-5-15(12-13)19(24)21-11-3-6-17-22-18(23-25-17)14-7-9-16(20)10-8-14/h2,4-5,7-10,12H,3,6,11H2,1H3,(H,21,24). The highest BCUT2D eigenvalue weighted by molar-refractivity contribution is 5.94. The van der Waals surface area contributed by atoms with Crippen molar-refractivity contribution in [2.75, 3.05) is 6.54 Å². The quantitative estimate of drug-likeness (QED) is 0.698. The average molecular weight is 339 g/mol. The molecule has 1 N–H and O–H groups in total. The maximum Gasteiger partial charge on any atom is 0.251 e. The summed E-state index contributed by atoms with van der Waals surface area (Å²) in [6, 6.07) is 13.4. The van der Waals surface area contributed by atoms with Gasteiger partial charge in [0.1, 0.15) is 5.82 Å². The summed E-state index contributed by atoms with van der Waals surface area (Å²) in [5, 5.41) is 6.76. The number of aryl methyl sites for hydroxylation is 2. The Morgan fingerprint density at radius 2 is 2.00 bits per heavy atom. The lowest BCUT2D eigenvalue weighted by Crippen LogP contribution is -2.24. The van der Waals surface area contributed by atoms with E-state index in [1.54, 1.807) is 18.2 Å². The normalized spacial score (nSPS) is 10.6. The number of nitrogens with zero attached hydrogens (tertiary/aromatic N) is 2. The molecule has 0 fully saturated rings. The third-order valence-electron chi connectivity index (χ3n) is 3.70. The van der Waals surface area contributed by atoms with Crippen LogP contribution in [-0.2, 0) is 6.42 Å².